The number of benzene rings is 2. The van der Waals surface area contributed by atoms with Crippen molar-refractivity contribution < 1.29 is 14.3 Å². The topological polar surface area (TPSA) is 38.8 Å². The van der Waals surface area contributed by atoms with Gasteiger partial charge in [0, 0.05) is 6.54 Å². The SMILES string of the molecule is COc1ccc([C@@H]2C(=O)N3CCc4ccccc4[C@@H]23)cc1OC. The number of carbonyl (C=O) groups is 1. The van der Waals surface area contributed by atoms with E-state index in [0.717, 1.165) is 18.5 Å². The Hall–Kier alpha value is -2.49. The number of ether oxygens (including phenoxy) is 2. The maximum Gasteiger partial charge on any atom is 0.233 e. The molecule has 2 aliphatic rings. The normalized spacial score (nSPS) is 22.0. The smallest absolute Gasteiger partial charge is 0.233 e. The minimum absolute atomic E-state index is 0.128. The van der Waals surface area contributed by atoms with Crippen molar-refractivity contribution in [3.05, 3.63) is 59.2 Å². The number of fused-ring (bicyclic) bond motifs is 3. The molecule has 0 radical (unpaired) electrons. The second kappa shape index (κ2) is 5.30. The van der Waals surface area contributed by atoms with Crippen LogP contribution >= 0.6 is 0 Å². The van der Waals surface area contributed by atoms with Crippen LogP contribution in [0.5, 0.6) is 11.5 Å². The number of amides is 1. The van der Waals surface area contributed by atoms with E-state index in [4.69, 9.17) is 9.47 Å². The van der Waals surface area contributed by atoms with Crippen molar-refractivity contribution in [2.45, 2.75) is 18.4 Å². The van der Waals surface area contributed by atoms with Gasteiger partial charge in [-0.3, -0.25) is 4.79 Å². The lowest BCUT2D eigenvalue weighted by Gasteiger charge is -2.51. The highest BCUT2D eigenvalue weighted by atomic mass is 16.5. The van der Waals surface area contributed by atoms with Crippen molar-refractivity contribution >= 4 is 5.91 Å². The van der Waals surface area contributed by atoms with Gasteiger partial charge in [0.15, 0.2) is 11.5 Å². The molecule has 0 aliphatic carbocycles. The molecule has 0 aromatic heterocycles. The average Bonchev–Trinajstić information content (AvgIpc) is 2.60. The predicted octanol–water partition coefficient (Wildman–Crippen LogP) is 2.93. The molecule has 4 nitrogen and oxygen atoms in total. The summed E-state index contributed by atoms with van der Waals surface area (Å²) in [4.78, 5) is 14.6. The van der Waals surface area contributed by atoms with Gasteiger partial charge in [0.1, 0.15) is 0 Å². The summed E-state index contributed by atoms with van der Waals surface area (Å²) in [6, 6.07) is 14.4. The Morgan fingerprint density at radius 1 is 1.04 bits per heavy atom. The second-order valence-corrected chi connectivity index (χ2v) is 6.02. The summed E-state index contributed by atoms with van der Waals surface area (Å²) < 4.78 is 10.7. The Kier molecular flexibility index (Phi) is 3.26. The molecule has 4 rings (SSSR count). The first kappa shape index (κ1) is 14.1. The van der Waals surface area contributed by atoms with Gasteiger partial charge in [-0.05, 0) is 35.2 Å². The zero-order chi connectivity index (χ0) is 16.0. The zero-order valence-corrected chi connectivity index (χ0v) is 13.3. The molecule has 0 unspecified atom stereocenters. The van der Waals surface area contributed by atoms with Crippen LogP contribution in [-0.2, 0) is 11.2 Å². The molecular weight excluding hydrogens is 290 g/mol. The number of rotatable bonds is 3. The van der Waals surface area contributed by atoms with Crippen molar-refractivity contribution in [1.82, 2.24) is 4.90 Å². The van der Waals surface area contributed by atoms with Gasteiger partial charge in [-0.15, -0.1) is 0 Å². The van der Waals surface area contributed by atoms with Crippen molar-refractivity contribution in [1.29, 1.82) is 0 Å². The molecule has 4 heteroatoms. The highest BCUT2D eigenvalue weighted by molar-refractivity contribution is 5.92. The summed E-state index contributed by atoms with van der Waals surface area (Å²) in [6.45, 7) is 0.810. The first-order chi connectivity index (χ1) is 11.2. The fraction of sp³-hybridized carbons (Fsp3) is 0.316. The third kappa shape index (κ3) is 2.01. The first-order valence-electron chi connectivity index (χ1n) is 7.85. The van der Waals surface area contributed by atoms with E-state index in [1.165, 1.54) is 11.1 Å². The van der Waals surface area contributed by atoms with Crippen LogP contribution in [0.1, 0.15) is 28.7 Å². The maximum absolute atomic E-state index is 12.6. The molecule has 2 atom stereocenters. The van der Waals surface area contributed by atoms with Gasteiger partial charge in [-0.1, -0.05) is 30.3 Å². The van der Waals surface area contributed by atoms with E-state index >= 15 is 0 Å². The van der Waals surface area contributed by atoms with Crippen molar-refractivity contribution in [2.75, 3.05) is 20.8 Å². The van der Waals surface area contributed by atoms with E-state index in [1.54, 1.807) is 14.2 Å². The summed E-state index contributed by atoms with van der Waals surface area (Å²) in [5.74, 6) is 1.43. The third-order valence-electron chi connectivity index (χ3n) is 4.96. The average molecular weight is 309 g/mol. The van der Waals surface area contributed by atoms with Crippen LogP contribution in [-0.4, -0.2) is 31.6 Å². The number of nitrogens with zero attached hydrogens (tertiary/aromatic N) is 1. The zero-order valence-electron chi connectivity index (χ0n) is 13.3. The standard InChI is InChI=1S/C19H19NO3/c1-22-15-8-7-13(11-16(15)23-2)17-18-14-6-4-3-5-12(14)9-10-20(18)19(17)21/h3-8,11,17-18H,9-10H2,1-2H3/t17-,18-/m0/s1. The number of carbonyl (C=O) groups excluding carboxylic acids is 1. The summed E-state index contributed by atoms with van der Waals surface area (Å²) in [7, 11) is 3.23. The predicted molar refractivity (Wildman–Crippen MR) is 86.9 cm³/mol. The molecule has 118 valence electrons. The van der Waals surface area contributed by atoms with Crippen LogP contribution in [0.15, 0.2) is 42.5 Å². The van der Waals surface area contributed by atoms with E-state index < -0.39 is 0 Å². The monoisotopic (exact) mass is 309 g/mol. The fourth-order valence-electron chi connectivity index (χ4n) is 3.81. The molecule has 0 bridgehead atoms. The summed E-state index contributed by atoms with van der Waals surface area (Å²) in [5.41, 5.74) is 3.62. The van der Waals surface area contributed by atoms with Gasteiger partial charge in [-0.25, -0.2) is 0 Å². The second-order valence-electron chi connectivity index (χ2n) is 6.02. The highest BCUT2D eigenvalue weighted by Gasteiger charge is 2.50. The van der Waals surface area contributed by atoms with E-state index in [2.05, 4.69) is 24.3 Å². The van der Waals surface area contributed by atoms with Crippen LogP contribution in [0, 0.1) is 0 Å². The van der Waals surface area contributed by atoms with Crippen LogP contribution in [0.2, 0.25) is 0 Å². The number of methoxy groups -OCH3 is 2. The number of β-lactam (4-membered cyclic amide) rings is 1. The van der Waals surface area contributed by atoms with Crippen LogP contribution < -0.4 is 9.47 Å². The molecule has 0 spiro atoms. The Labute approximate surface area is 135 Å². The van der Waals surface area contributed by atoms with Crippen LogP contribution in [0.25, 0.3) is 0 Å². The van der Waals surface area contributed by atoms with Crippen molar-refractivity contribution in [3.8, 4) is 11.5 Å². The molecule has 2 aromatic rings. The largest absolute Gasteiger partial charge is 0.493 e. The molecule has 2 heterocycles. The molecule has 0 saturated carbocycles. The van der Waals surface area contributed by atoms with E-state index in [1.807, 2.05) is 23.1 Å². The van der Waals surface area contributed by atoms with Gasteiger partial charge in [-0.2, -0.15) is 0 Å². The van der Waals surface area contributed by atoms with Crippen molar-refractivity contribution in [3.63, 3.8) is 0 Å². The van der Waals surface area contributed by atoms with Gasteiger partial charge in [0.2, 0.25) is 5.91 Å². The quantitative estimate of drug-likeness (QED) is 0.818. The molecule has 2 aromatic carbocycles. The van der Waals surface area contributed by atoms with Gasteiger partial charge >= 0.3 is 0 Å². The Morgan fingerprint density at radius 2 is 1.83 bits per heavy atom. The molecule has 1 fully saturated rings. The summed E-state index contributed by atoms with van der Waals surface area (Å²) >= 11 is 0. The molecule has 1 saturated heterocycles. The first-order valence-corrected chi connectivity index (χ1v) is 7.85. The van der Waals surface area contributed by atoms with E-state index in [-0.39, 0.29) is 17.9 Å². The molecule has 2 aliphatic heterocycles. The lowest BCUT2D eigenvalue weighted by molar-refractivity contribution is -0.151. The van der Waals surface area contributed by atoms with E-state index in [9.17, 15) is 4.79 Å². The molecular formula is C19H19NO3. The molecule has 0 N–H and O–H groups in total. The molecule has 1 amide bonds. The van der Waals surface area contributed by atoms with Gasteiger partial charge in [0.25, 0.3) is 0 Å². The summed E-state index contributed by atoms with van der Waals surface area (Å²) in [5, 5.41) is 0. The Morgan fingerprint density at radius 3 is 2.61 bits per heavy atom. The summed E-state index contributed by atoms with van der Waals surface area (Å²) in [6.07, 6.45) is 0.942. The molecule has 23 heavy (non-hydrogen) atoms. The highest BCUT2D eigenvalue weighted by Crippen LogP contribution is 2.50. The Balaban J connectivity index is 1.75. The number of hydrogen-bond acceptors (Lipinski definition) is 3. The lowest BCUT2D eigenvalue weighted by Crippen LogP contribution is -2.56. The van der Waals surface area contributed by atoms with Crippen LogP contribution in [0.4, 0.5) is 0 Å². The Bertz CT molecular complexity index is 771. The van der Waals surface area contributed by atoms with E-state index in [0.29, 0.717) is 11.5 Å². The third-order valence-corrected chi connectivity index (χ3v) is 4.96. The fourth-order valence-corrected chi connectivity index (χ4v) is 3.81. The van der Waals surface area contributed by atoms with Crippen LogP contribution in [0.3, 0.4) is 0 Å². The minimum atomic E-state index is -0.128. The van der Waals surface area contributed by atoms with Gasteiger partial charge in [0.05, 0.1) is 26.2 Å². The number of hydrogen-bond donors (Lipinski definition) is 0. The maximum atomic E-state index is 12.6. The lowest BCUT2D eigenvalue weighted by atomic mass is 9.74. The van der Waals surface area contributed by atoms with Crippen molar-refractivity contribution in [2.24, 2.45) is 0 Å². The van der Waals surface area contributed by atoms with Gasteiger partial charge < -0.3 is 14.4 Å². The minimum Gasteiger partial charge on any atom is -0.493 e.